The number of carbonyl (C=O) groups excluding carboxylic acids is 3. The summed E-state index contributed by atoms with van der Waals surface area (Å²) in [5.41, 5.74) is 6.23. The Hall–Kier alpha value is -4.39. The molecule has 4 rings (SSSR count). The van der Waals surface area contributed by atoms with E-state index in [2.05, 4.69) is 5.43 Å². The Kier molecular flexibility index (Phi) is 5.95. The molecule has 7 heteroatoms. The summed E-state index contributed by atoms with van der Waals surface area (Å²) in [4.78, 5) is 37.8. The fraction of sp³-hybridized carbons (Fsp3) is 0.115. The van der Waals surface area contributed by atoms with Crippen LogP contribution in [0.2, 0.25) is 0 Å². The van der Waals surface area contributed by atoms with Gasteiger partial charge in [-0.3, -0.25) is 15.0 Å². The Morgan fingerprint density at radius 1 is 0.909 bits per heavy atom. The third kappa shape index (κ3) is 4.48. The number of hydrazine groups is 1. The molecule has 3 aromatic rings. The fourth-order valence-electron chi connectivity index (χ4n) is 3.36. The standard InChI is InChI=1S/C26H22N2O5/c1-16-9-11-20(13-17(16)2)28-25(30)21(24(29)27-28)14-18-10-12-22(23(15-18)32-3)33-26(31)19-7-5-4-6-8-19/h4-15H,1-3H3,(H,27,29)/b21-14-. The van der Waals surface area contributed by atoms with Gasteiger partial charge in [-0.05, 0) is 73.0 Å². The number of hydrogen-bond donors (Lipinski definition) is 1. The number of aryl methyl sites for hydroxylation is 2. The summed E-state index contributed by atoms with van der Waals surface area (Å²) in [7, 11) is 1.45. The normalized spacial score (nSPS) is 14.4. The largest absolute Gasteiger partial charge is 0.493 e. The number of esters is 1. The third-order valence-electron chi connectivity index (χ3n) is 5.35. The van der Waals surface area contributed by atoms with E-state index in [0.29, 0.717) is 22.6 Å². The molecule has 1 aliphatic rings. The number of hydrogen-bond acceptors (Lipinski definition) is 5. The van der Waals surface area contributed by atoms with Crippen molar-refractivity contribution < 1.29 is 23.9 Å². The molecule has 0 aromatic heterocycles. The molecule has 1 fully saturated rings. The minimum absolute atomic E-state index is 0.00990. The van der Waals surface area contributed by atoms with Crippen LogP contribution < -0.4 is 19.9 Å². The highest BCUT2D eigenvalue weighted by Crippen LogP contribution is 2.31. The van der Waals surface area contributed by atoms with Gasteiger partial charge in [0.2, 0.25) is 0 Å². The first-order chi connectivity index (χ1) is 15.9. The summed E-state index contributed by atoms with van der Waals surface area (Å²) in [6, 6.07) is 18.9. The molecule has 0 atom stereocenters. The van der Waals surface area contributed by atoms with Gasteiger partial charge < -0.3 is 9.47 Å². The molecule has 0 radical (unpaired) electrons. The zero-order valence-electron chi connectivity index (χ0n) is 18.4. The predicted molar refractivity (Wildman–Crippen MR) is 124 cm³/mol. The van der Waals surface area contributed by atoms with Crippen LogP contribution in [-0.4, -0.2) is 24.9 Å². The third-order valence-corrected chi connectivity index (χ3v) is 5.35. The first-order valence-electron chi connectivity index (χ1n) is 10.3. The van der Waals surface area contributed by atoms with Gasteiger partial charge in [0.15, 0.2) is 11.5 Å². The maximum Gasteiger partial charge on any atom is 0.343 e. The molecule has 0 saturated carbocycles. The van der Waals surface area contributed by atoms with Gasteiger partial charge in [0, 0.05) is 0 Å². The van der Waals surface area contributed by atoms with Gasteiger partial charge in [0.05, 0.1) is 18.4 Å². The van der Waals surface area contributed by atoms with Crippen LogP contribution in [0.5, 0.6) is 11.5 Å². The first-order valence-corrected chi connectivity index (χ1v) is 10.3. The molecule has 1 N–H and O–H groups in total. The van der Waals surface area contributed by atoms with Crippen molar-refractivity contribution in [3.05, 3.63) is 94.6 Å². The Morgan fingerprint density at radius 2 is 1.67 bits per heavy atom. The Morgan fingerprint density at radius 3 is 2.36 bits per heavy atom. The van der Waals surface area contributed by atoms with E-state index in [1.54, 1.807) is 54.6 Å². The van der Waals surface area contributed by atoms with Crippen molar-refractivity contribution in [1.29, 1.82) is 0 Å². The molecule has 3 aromatic carbocycles. The second-order valence-electron chi connectivity index (χ2n) is 7.57. The molecule has 7 nitrogen and oxygen atoms in total. The van der Waals surface area contributed by atoms with Crippen molar-refractivity contribution in [2.45, 2.75) is 13.8 Å². The second kappa shape index (κ2) is 9.00. The quantitative estimate of drug-likeness (QED) is 0.280. The topological polar surface area (TPSA) is 84.9 Å². The smallest absolute Gasteiger partial charge is 0.343 e. The molecule has 0 bridgehead atoms. The van der Waals surface area contributed by atoms with E-state index in [9.17, 15) is 14.4 Å². The van der Waals surface area contributed by atoms with Crippen LogP contribution in [0.15, 0.2) is 72.3 Å². The number of nitrogens with zero attached hydrogens (tertiary/aromatic N) is 1. The molecule has 0 spiro atoms. The highest BCUT2D eigenvalue weighted by atomic mass is 16.6. The van der Waals surface area contributed by atoms with Gasteiger partial charge in [-0.2, -0.15) is 0 Å². The van der Waals surface area contributed by atoms with E-state index in [0.717, 1.165) is 11.1 Å². The van der Waals surface area contributed by atoms with E-state index in [1.165, 1.54) is 18.2 Å². The van der Waals surface area contributed by atoms with Gasteiger partial charge >= 0.3 is 5.97 Å². The summed E-state index contributed by atoms with van der Waals surface area (Å²) < 4.78 is 10.8. The Bertz CT molecular complexity index is 1280. The molecule has 0 unspecified atom stereocenters. The minimum Gasteiger partial charge on any atom is -0.493 e. The van der Waals surface area contributed by atoms with E-state index in [-0.39, 0.29) is 11.3 Å². The van der Waals surface area contributed by atoms with Crippen molar-refractivity contribution in [3.63, 3.8) is 0 Å². The summed E-state index contributed by atoms with van der Waals surface area (Å²) >= 11 is 0. The first kappa shape index (κ1) is 21.8. The SMILES string of the molecule is COc1cc(/C=C2/C(=O)NN(c3ccc(C)c(C)c3)C2=O)ccc1OC(=O)c1ccccc1. The fourth-order valence-corrected chi connectivity index (χ4v) is 3.36. The zero-order chi connectivity index (χ0) is 23.5. The molecule has 0 aliphatic carbocycles. The van der Waals surface area contributed by atoms with Crippen LogP contribution >= 0.6 is 0 Å². The highest BCUT2D eigenvalue weighted by Gasteiger charge is 2.34. The van der Waals surface area contributed by atoms with E-state index >= 15 is 0 Å². The van der Waals surface area contributed by atoms with Gasteiger partial charge in [0.25, 0.3) is 11.8 Å². The lowest BCUT2D eigenvalue weighted by Crippen LogP contribution is -2.35. The monoisotopic (exact) mass is 442 g/mol. The summed E-state index contributed by atoms with van der Waals surface area (Å²) in [6.45, 7) is 3.92. The van der Waals surface area contributed by atoms with Crippen molar-refractivity contribution >= 4 is 29.5 Å². The number of benzene rings is 3. The lowest BCUT2D eigenvalue weighted by Gasteiger charge is -2.16. The summed E-state index contributed by atoms with van der Waals surface area (Å²) in [5, 5.41) is 1.23. The molecule has 1 heterocycles. The summed E-state index contributed by atoms with van der Waals surface area (Å²) in [6.07, 6.45) is 1.48. The van der Waals surface area contributed by atoms with Crippen molar-refractivity contribution in [1.82, 2.24) is 5.43 Å². The van der Waals surface area contributed by atoms with Crippen LogP contribution in [0.1, 0.15) is 27.0 Å². The van der Waals surface area contributed by atoms with E-state index in [1.807, 2.05) is 26.0 Å². The molecule has 2 amide bonds. The average molecular weight is 442 g/mol. The lowest BCUT2D eigenvalue weighted by molar-refractivity contribution is -0.117. The minimum atomic E-state index is -0.519. The average Bonchev–Trinajstić information content (AvgIpc) is 3.10. The van der Waals surface area contributed by atoms with E-state index < -0.39 is 17.8 Å². The molecule has 1 saturated heterocycles. The van der Waals surface area contributed by atoms with Crippen LogP contribution in [0.3, 0.4) is 0 Å². The maximum atomic E-state index is 12.9. The Labute approximate surface area is 191 Å². The van der Waals surface area contributed by atoms with Crippen LogP contribution in [-0.2, 0) is 9.59 Å². The zero-order valence-corrected chi connectivity index (χ0v) is 18.4. The van der Waals surface area contributed by atoms with Gasteiger partial charge in [0.1, 0.15) is 5.57 Å². The molecule has 1 aliphatic heterocycles. The van der Waals surface area contributed by atoms with Crippen LogP contribution in [0.4, 0.5) is 5.69 Å². The summed E-state index contributed by atoms with van der Waals surface area (Å²) in [5.74, 6) is -0.953. The highest BCUT2D eigenvalue weighted by molar-refractivity contribution is 6.31. The number of amides is 2. The number of ether oxygens (including phenoxy) is 2. The van der Waals surface area contributed by atoms with Crippen molar-refractivity contribution in [2.24, 2.45) is 0 Å². The lowest BCUT2D eigenvalue weighted by atomic mass is 10.1. The number of anilines is 1. The molecular weight excluding hydrogens is 420 g/mol. The molecular formula is C26H22N2O5. The second-order valence-corrected chi connectivity index (χ2v) is 7.57. The molecule has 33 heavy (non-hydrogen) atoms. The van der Waals surface area contributed by atoms with Crippen LogP contribution in [0.25, 0.3) is 6.08 Å². The molecule has 166 valence electrons. The number of methoxy groups -OCH3 is 1. The van der Waals surface area contributed by atoms with Gasteiger partial charge in [-0.25, -0.2) is 9.80 Å². The van der Waals surface area contributed by atoms with Crippen molar-refractivity contribution in [2.75, 3.05) is 12.1 Å². The maximum absolute atomic E-state index is 12.9. The number of nitrogens with one attached hydrogen (secondary N) is 1. The van der Waals surface area contributed by atoms with Gasteiger partial charge in [-0.15, -0.1) is 0 Å². The van der Waals surface area contributed by atoms with Crippen LogP contribution in [0, 0.1) is 13.8 Å². The predicted octanol–water partition coefficient (Wildman–Crippen LogP) is 3.99. The number of rotatable bonds is 5. The van der Waals surface area contributed by atoms with Gasteiger partial charge in [-0.1, -0.05) is 30.3 Å². The van der Waals surface area contributed by atoms with Crippen molar-refractivity contribution in [3.8, 4) is 11.5 Å². The van der Waals surface area contributed by atoms with E-state index in [4.69, 9.17) is 9.47 Å². The number of carbonyl (C=O) groups is 3. The Balaban J connectivity index is 1.58.